The Kier molecular flexibility index (Phi) is 3.55. The zero-order chi connectivity index (χ0) is 12.5. The number of aryl methyl sites for hydroxylation is 1. The molecule has 1 aromatic heterocycles. The summed E-state index contributed by atoms with van der Waals surface area (Å²) in [6.45, 7) is 2.25. The third-order valence-electron chi connectivity index (χ3n) is 3.60. The zero-order valence-corrected chi connectivity index (χ0v) is 12.7. The van der Waals surface area contributed by atoms with Gasteiger partial charge in [0.05, 0.1) is 0 Å². The van der Waals surface area contributed by atoms with Crippen LogP contribution in [0.2, 0.25) is 0 Å². The van der Waals surface area contributed by atoms with E-state index in [1.165, 1.54) is 33.3 Å². The second kappa shape index (κ2) is 5.16. The summed E-state index contributed by atoms with van der Waals surface area (Å²) in [5, 5.41) is 5.90. The van der Waals surface area contributed by atoms with Crippen molar-refractivity contribution in [3.8, 4) is 0 Å². The summed E-state index contributed by atoms with van der Waals surface area (Å²) >= 11 is 5.38. The molecule has 1 aliphatic carbocycles. The Morgan fingerprint density at radius 3 is 3.06 bits per heavy atom. The maximum Gasteiger partial charge on any atom is 0.0391 e. The van der Waals surface area contributed by atoms with Gasteiger partial charge in [0.25, 0.3) is 0 Å². The smallest absolute Gasteiger partial charge is 0.0391 e. The van der Waals surface area contributed by atoms with E-state index >= 15 is 0 Å². The van der Waals surface area contributed by atoms with Crippen LogP contribution < -0.4 is 5.32 Å². The minimum absolute atomic E-state index is 0.435. The highest BCUT2D eigenvalue weighted by molar-refractivity contribution is 9.10. The highest BCUT2D eigenvalue weighted by Gasteiger charge is 2.24. The quantitative estimate of drug-likeness (QED) is 0.852. The van der Waals surface area contributed by atoms with Gasteiger partial charge >= 0.3 is 0 Å². The lowest BCUT2D eigenvalue weighted by Gasteiger charge is -2.19. The van der Waals surface area contributed by atoms with Crippen molar-refractivity contribution in [2.24, 2.45) is 0 Å². The van der Waals surface area contributed by atoms with Crippen LogP contribution in [-0.4, -0.2) is 0 Å². The number of thiophene rings is 1. The Bertz CT molecular complexity index is 535. The molecule has 3 rings (SSSR count). The van der Waals surface area contributed by atoms with E-state index in [9.17, 15) is 0 Å². The number of hydrogen-bond donors (Lipinski definition) is 1. The van der Waals surface area contributed by atoms with Crippen LogP contribution >= 0.6 is 27.3 Å². The molecule has 2 atom stereocenters. The van der Waals surface area contributed by atoms with Crippen LogP contribution in [0, 0.1) is 0 Å². The molecule has 0 aliphatic heterocycles. The molecular weight excluding hydrogens is 306 g/mol. The first-order valence-corrected chi connectivity index (χ1v) is 7.99. The largest absolute Gasteiger partial charge is 0.303 e. The first-order valence-electron chi connectivity index (χ1n) is 6.32. The lowest BCUT2D eigenvalue weighted by atomic mass is 10.1. The number of fused-ring (bicyclic) bond motifs is 1. The lowest BCUT2D eigenvalue weighted by Crippen LogP contribution is -2.22. The predicted octanol–water partition coefficient (Wildman–Crippen LogP) is 4.85. The van der Waals surface area contributed by atoms with Crippen LogP contribution in [0.1, 0.15) is 41.4 Å². The summed E-state index contributed by atoms with van der Waals surface area (Å²) in [5.74, 6) is 0. The van der Waals surface area contributed by atoms with Gasteiger partial charge in [-0.25, -0.2) is 0 Å². The normalized spacial score (nSPS) is 19.8. The topological polar surface area (TPSA) is 12.0 Å². The number of benzene rings is 1. The fourth-order valence-electron chi connectivity index (χ4n) is 2.68. The Hall–Kier alpha value is -0.640. The Balaban J connectivity index is 1.77. The van der Waals surface area contributed by atoms with Crippen molar-refractivity contribution in [2.75, 3.05) is 0 Å². The third kappa shape index (κ3) is 2.40. The lowest BCUT2D eigenvalue weighted by molar-refractivity contribution is 0.469. The number of rotatable bonds is 3. The standard InChI is InChI=1S/C15H16BrNS/c1-10(15-3-2-8-18-15)17-14-7-4-11-9-12(16)5-6-13(11)14/h2-3,5-6,8-10,14,17H,4,7H2,1H3/t10-,14?/m1/s1. The molecule has 0 bridgehead atoms. The summed E-state index contributed by atoms with van der Waals surface area (Å²) in [4.78, 5) is 1.42. The van der Waals surface area contributed by atoms with Gasteiger partial charge in [0, 0.05) is 21.4 Å². The molecule has 0 amide bonds. The van der Waals surface area contributed by atoms with Gasteiger partial charge in [0.2, 0.25) is 0 Å². The van der Waals surface area contributed by atoms with Crippen LogP contribution in [0.5, 0.6) is 0 Å². The summed E-state index contributed by atoms with van der Waals surface area (Å²) in [7, 11) is 0. The summed E-state index contributed by atoms with van der Waals surface area (Å²) in [5.41, 5.74) is 2.96. The second-order valence-electron chi connectivity index (χ2n) is 4.84. The first kappa shape index (κ1) is 12.4. The maximum atomic E-state index is 3.75. The van der Waals surface area contributed by atoms with Crippen molar-refractivity contribution in [1.82, 2.24) is 5.32 Å². The molecule has 1 unspecified atom stereocenters. The number of hydrogen-bond acceptors (Lipinski definition) is 2. The molecule has 18 heavy (non-hydrogen) atoms. The average molecular weight is 322 g/mol. The predicted molar refractivity (Wildman–Crippen MR) is 81.1 cm³/mol. The highest BCUT2D eigenvalue weighted by Crippen LogP contribution is 2.35. The summed E-state index contributed by atoms with van der Waals surface area (Å²) in [6, 6.07) is 11.9. The van der Waals surface area contributed by atoms with Gasteiger partial charge in [-0.1, -0.05) is 28.1 Å². The molecule has 0 saturated heterocycles. The Morgan fingerprint density at radius 2 is 2.28 bits per heavy atom. The molecule has 2 aromatic rings. The van der Waals surface area contributed by atoms with Crippen LogP contribution in [0.25, 0.3) is 0 Å². The van der Waals surface area contributed by atoms with E-state index in [1.54, 1.807) is 0 Å². The first-order chi connectivity index (χ1) is 8.74. The maximum absolute atomic E-state index is 3.75. The zero-order valence-electron chi connectivity index (χ0n) is 10.3. The molecule has 0 radical (unpaired) electrons. The van der Waals surface area contributed by atoms with E-state index in [1.807, 2.05) is 11.3 Å². The van der Waals surface area contributed by atoms with E-state index in [0.29, 0.717) is 12.1 Å². The molecule has 0 fully saturated rings. The van der Waals surface area contributed by atoms with Crippen LogP contribution in [-0.2, 0) is 6.42 Å². The summed E-state index contributed by atoms with van der Waals surface area (Å²) in [6.07, 6.45) is 2.39. The molecular formula is C15H16BrNS. The van der Waals surface area contributed by atoms with Crippen molar-refractivity contribution in [1.29, 1.82) is 0 Å². The van der Waals surface area contributed by atoms with Crippen molar-refractivity contribution in [2.45, 2.75) is 31.8 Å². The second-order valence-corrected chi connectivity index (χ2v) is 6.73. The fraction of sp³-hybridized carbons (Fsp3) is 0.333. The molecule has 1 nitrogen and oxygen atoms in total. The molecule has 94 valence electrons. The number of nitrogens with one attached hydrogen (secondary N) is 1. The van der Waals surface area contributed by atoms with Crippen molar-refractivity contribution < 1.29 is 0 Å². The van der Waals surface area contributed by atoms with Gasteiger partial charge in [0.1, 0.15) is 0 Å². The van der Waals surface area contributed by atoms with Crippen molar-refractivity contribution in [3.63, 3.8) is 0 Å². The fourth-order valence-corrected chi connectivity index (χ4v) is 3.83. The van der Waals surface area contributed by atoms with Gasteiger partial charge in [-0.3, -0.25) is 0 Å². The minimum atomic E-state index is 0.435. The molecule has 1 aliphatic rings. The molecule has 0 saturated carbocycles. The SMILES string of the molecule is C[C@@H](NC1CCc2cc(Br)ccc21)c1cccs1. The number of halogens is 1. The average Bonchev–Trinajstić information content (AvgIpc) is 2.98. The monoisotopic (exact) mass is 321 g/mol. The van der Waals surface area contributed by atoms with E-state index in [2.05, 4.69) is 63.9 Å². The van der Waals surface area contributed by atoms with Crippen molar-refractivity contribution >= 4 is 27.3 Å². The third-order valence-corrected chi connectivity index (χ3v) is 5.15. The molecule has 1 aromatic carbocycles. The van der Waals surface area contributed by atoms with Crippen molar-refractivity contribution in [3.05, 3.63) is 56.2 Å². The van der Waals surface area contributed by atoms with Crippen LogP contribution in [0.15, 0.2) is 40.2 Å². The van der Waals surface area contributed by atoms with Crippen LogP contribution in [0.4, 0.5) is 0 Å². The van der Waals surface area contributed by atoms with Gasteiger partial charge < -0.3 is 5.32 Å². The summed E-state index contributed by atoms with van der Waals surface area (Å²) < 4.78 is 1.19. The Morgan fingerprint density at radius 1 is 1.39 bits per heavy atom. The van der Waals surface area contributed by atoms with E-state index in [4.69, 9.17) is 0 Å². The van der Waals surface area contributed by atoms with Gasteiger partial charge in [-0.05, 0) is 54.5 Å². The Labute approximate surface area is 120 Å². The van der Waals surface area contributed by atoms with E-state index in [-0.39, 0.29) is 0 Å². The van der Waals surface area contributed by atoms with E-state index in [0.717, 1.165) is 0 Å². The molecule has 3 heteroatoms. The van der Waals surface area contributed by atoms with E-state index < -0.39 is 0 Å². The highest BCUT2D eigenvalue weighted by atomic mass is 79.9. The van der Waals surface area contributed by atoms with Crippen LogP contribution in [0.3, 0.4) is 0 Å². The van der Waals surface area contributed by atoms with Gasteiger partial charge in [-0.15, -0.1) is 11.3 Å². The molecule has 0 spiro atoms. The van der Waals surface area contributed by atoms with Gasteiger partial charge in [-0.2, -0.15) is 0 Å². The molecule has 1 N–H and O–H groups in total. The molecule has 1 heterocycles. The van der Waals surface area contributed by atoms with Gasteiger partial charge in [0.15, 0.2) is 0 Å². The minimum Gasteiger partial charge on any atom is -0.303 e.